The number of ether oxygens (including phenoxy) is 1. The fourth-order valence-corrected chi connectivity index (χ4v) is 1.71. The van der Waals surface area contributed by atoms with Gasteiger partial charge in [-0.3, -0.25) is 0 Å². The standard InChI is InChI=1S/C12H10ClN3O/c1-2-17-10-7-15-16(8-10)12-4-3-9(6-14)5-11(12)13/h3-5,7-8H,2H2,1H3. The predicted molar refractivity (Wildman–Crippen MR) is 64.5 cm³/mol. The summed E-state index contributed by atoms with van der Waals surface area (Å²) in [6.07, 6.45) is 3.37. The minimum absolute atomic E-state index is 0.482. The Morgan fingerprint density at radius 1 is 1.53 bits per heavy atom. The molecule has 5 heteroatoms. The van der Waals surface area contributed by atoms with E-state index < -0.39 is 0 Å². The summed E-state index contributed by atoms with van der Waals surface area (Å²) in [6.45, 7) is 2.50. The number of nitriles is 1. The first-order valence-corrected chi connectivity index (χ1v) is 5.50. The van der Waals surface area contributed by atoms with E-state index in [2.05, 4.69) is 5.10 Å². The molecule has 86 valence electrons. The third-order valence-corrected chi connectivity index (χ3v) is 2.50. The molecule has 0 atom stereocenters. The summed E-state index contributed by atoms with van der Waals surface area (Å²) in [4.78, 5) is 0. The Bertz CT molecular complexity index is 571. The third kappa shape index (κ3) is 2.40. The van der Waals surface area contributed by atoms with Crippen molar-refractivity contribution in [1.82, 2.24) is 9.78 Å². The number of aromatic nitrogens is 2. The van der Waals surface area contributed by atoms with Gasteiger partial charge < -0.3 is 4.74 Å². The molecular weight excluding hydrogens is 238 g/mol. The van der Waals surface area contributed by atoms with E-state index in [0.29, 0.717) is 22.9 Å². The average molecular weight is 248 g/mol. The van der Waals surface area contributed by atoms with Gasteiger partial charge in [0.1, 0.15) is 0 Å². The maximum absolute atomic E-state index is 8.75. The van der Waals surface area contributed by atoms with Crippen LogP contribution in [0.4, 0.5) is 0 Å². The summed E-state index contributed by atoms with van der Waals surface area (Å²) < 4.78 is 6.93. The highest BCUT2D eigenvalue weighted by Gasteiger charge is 2.06. The van der Waals surface area contributed by atoms with Gasteiger partial charge in [-0.25, -0.2) is 4.68 Å². The highest BCUT2D eigenvalue weighted by atomic mass is 35.5. The van der Waals surface area contributed by atoms with Gasteiger partial charge in [-0.15, -0.1) is 0 Å². The van der Waals surface area contributed by atoms with Crippen molar-refractivity contribution in [3.8, 4) is 17.5 Å². The Balaban J connectivity index is 2.36. The van der Waals surface area contributed by atoms with Gasteiger partial charge in [0, 0.05) is 0 Å². The fourth-order valence-electron chi connectivity index (χ4n) is 1.44. The van der Waals surface area contributed by atoms with E-state index in [1.807, 2.05) is 13.0 Å². The topological polar surface area (TPSA) is 50.8 Å². The first-order valence-electron chi connectivity index (χ1n) is 5.12. The monoisotopic (exact) mass is 247 g/mol. The lowest BCUT2D eigenvalue weighted by Gasteiger charge is -2.03. The van der Waals surface area contributed by atoms with Crippen molar-refractivity contribution in [3.63, 3.8) is 0 Å². The predicted octanol–water partition coefficient (Wildman–Crippen LogP) is 2.80. The number of benzene rings is 1. The molecule has 0 spiro atoms. The number of nitrogens with zero attached hydrogens (tertiary/aromatic N) is 3. The van der Waals surface area contributed by atoms with Gasteiger partial charge in [-0.2, -0.15) is 10.4 Å². The minimum Gasteiger partial charge on any atom is -0.491 e. The third-order valence-electron chi connectivity index (χ3n) is 2.19. The lowest BCUT2D eigenvalue weighted by Crippen LogP contribution is -1.95. The minimum atomic E-state index is 0.482. The highest BCUT2D eigenvalue weighted by Crippen LogP contribution is 2.22. The van der Waals surface area contributed by atoms with Gasteiger partial charge in [-0.1, -0.05) is 11.6 Å². The molecule has 0 aliphatic carbocycles. The summed E-state index contributed by atoms with van der Waals surface area (Å²) in [5.41, 5.74) is 1.24. The SMILES string of the molecule is CCOc1cnn(-c2ccc(C#N)cc2Cl)c1. The van der Waals surface area contributed by atoms with Crippen molar-refractivity contribution in [1.29, 1.82) is 5.26 Å². The van der Waals surface area contributed by atoms with Crippen molar-refractivity contribution < 1.29 is 4.74 Å². The van der Waals surface area contributed by atoms with E-state index >= 15 is 0 Å². The van der Waals surface area contributed by atoms with Crippen LogP contribution in [-0.4, -0.2) is 16.4 Å². The molecule has 0 aliphatic rings. The molecule has 0 amide bonds. The van der Waals surface area contributed by atoms with Crippen molar-refractivity contribution in [3.05, 3.63) is 41.2 Å². The Labute approximate surface area is 104 Å². The highest BCUT2D eigenvalue weighted by molar-refractivity contribution is 6.32. The maximum Gasteiger partial charge on any atom is 0.157 e. The van der Waals surface area contributed by atoms with Gasteiger partial charge in [0.15, 0.2) is 5.75 Å². The molecule has 2 rings (SSSR count). The van der Waals surface area contributed by atoms with E-state index in [1.54, 1.807) is 35.3 Å². The molecule has 4 nitrogen and oxygen atoms in total. The largest absolute Gasteiger partial charge is 0.491 e. The van der Waals surface area contributed by atoms with E-state index in [1.165, 1.54) is 0 Å². The zero-order valence-corrected chi connectivity index (χ0v) is 9.98. The first kappa shape index (κ1) is 11.5. The van der Waals surface area contributed by atoms with Crippen LogP contribution in [0.3, 0.4) is 0 Å². The molecule has 0 bridgehead atoms. The number of hydrogen-bond donors (Lipinski definition) is 0. The molecule has 0 unspecified atom stereocenters. The molecule has 0 saturated carbocycles. The molecule has 0 N–H and O–H groups in total. The molecule has 17 heavy (non-hydrogen) atoms. The quantitative estimate of drug-likeness (QED) is 0.838. The molecule has 1 aromatic carbocycles. The molecule has 0 saturated heterocycles. The molecular formula is C12H10ClN3O. The van der Waals surface area contributed by atoms with Gasteiger partial charge in [0.05, 0.1) is 41.3 Å². The smallest absolute Gasteiger partial charge is 0.157 e. The van der Waals surface area contributed by atoms with Gasteiger partial charge in [0.2, 0.25) is 0 Å². The Hall–Kier alpha value is -1.99. The summed E-state index contributed by atoms with van der Waals surface area (Å²) in [6, 6.07) is 7.09. The second kappa shape index (κ2) is 4.89. The van der Waals surface area contributed by atoms with Crippen molar-refractivity contribution >= 4 is 11.6 Å². The van der Waals surface area contributed by atoms with Gasteiger partial charge in [-0.05, 0) is 25.1 Å². The molecule has 2 aromatic rings. The van der Waals surface area contributed by atoms with Gasteiger partial charge >= 0.3 is 0 Å². The van der Waals surface area contributed by atoms with Crippen molar-refractivity contribution in [2.75, 3.05) is 6.61 Å². The summed E-state index contributed by atoms with van der Waals surface area (Å²) in [5.74, 6) is 0.688. The summed E-state index contributed by atoms with van der Waals surface area (Å²) in [5, 5.41) is 13.4. The molecule has 0 fully saturated rings. The van der Waals surface area contributed by atoms with Crippen molar-refractivity contribution in [2.24, 2.45) is 0 Å². The number of halogens is 1. The van der Waals surface area contributed by atoms with Crippen LogP contribution in [0.5, 0.6) is 5.75 Å². The number of rotatable bonds is 3. The Morgan fingerprint density at radius 3 is 3.00 bits per heavy atom. The molecule has 0 radical (unpaired) electrons. The van der Waals surface area contributed by atoms with Gasteiger partial charge in [0.25, 0.3) is 0 Å². The van der Waals surface area contributed by atoms with Crippen LogP contribution in [0.15, 0.2) is 30.6 Å². The second-order valence-electron chi connectivity index (χ2n) is 3.33. The first-order chi connectivity index (χ1) is 8.24. The van der Waals surface area contributed by atoms with Crippen LogP contribution < -0.4 is 4.74 Å². The fraction of sp³-hybridized carbons (Fsp3) is 0.167. The van der Waals surface area contributed by atoms with E-state index in [-0.39, 0.29) is 0 Å². The number of hydrogen-bond acceptors (Lipinski definition) is 3. The van der Waals surface area contributed by atoms with Crippen LogP contribution in [0.25, 0.3) is 5.69 Å². The second-order valence-corrected chi connectivity index (χ2v) is 3.74. The Kier molecular flexibility index (Phi) is 3.31. The van der Waals surface area contributed by atoms with Crippen LogP contribution in [0, 0.1) is 11.3 Å². The molecule has 1 heterocycles. The lowest BCUT2D eigenvalue weighted by molar-refractivity contribution is 0.340. The van der Waals surface area contributed by atoms with Crippen LogP contribution in [0.1, 0.15) is 12.5 Å². The zero-order chi connectivity index (χ0) is 12.3. The van der Waals surface area contributed by atoms with Crippen molar-refractivity contribution in [2.45, 2.75) is 6.92 Å². The van der Waals surface area contributed by atoms with Crippen LogP contribution >= 0.6 is 11.6 Å². The van der Waals surface area contributed by atoms with E-state index in [0.717, 1.165) is 5.69 Å². The molecule has 1 aromatic heterocycles. The summed E-state index contributed by atoms with van der Waals surface area (Å²) >= 11 is 6.08. The summed E-state index contributed by atoms with van der Waals surface area (Å²) in [7, 11) is 0. The van der Waals surface area contributed by atoms with Crippen LogP contribution in [0.2, 0.25) is 5.02 Å². The lowest BCUT2D eigenvalue weighted by atomic mass is 10.2. The van der Waals surface area contributed by atoms with E-state index in [4.69, 9.17) is 21.6 Å². The maximum atomic E-state index is 8.75. The molecule has 0 aliphatic heterocycles. The zero-order valence-electron chi connectivity index (χ0n) is 9.22. The van der Waals surface area contributed by atoms with E-state index in [9.17, 15) is 0 Å². The normalized spacial score (nSPS) is 9.94. The Morgan fingerprint density at radius 2 is 2.35 bits per heavy atom. The average Bonchev–Trinajstić information content (AvgIpc) is 2.78. The van der Waals surface area contributed by atoms with Crippen LogP contribution in [-0.2, 0) is 0 Å².